The first-order chi connectivity index (χ1) is 12.9. The zero-order valence-corrected chi connectivity index (χ0v) is 17.0. The van der Waals surface area contributed by atoms with E-state index in [0.717, 1.165) is 0 Å². The van der Waals surface area contributed by atoms with Gasteiger partial charge in [0, 0.05) is 30.5 Å². The maximum atomic E-state index is 12.3. The fraction of sp³-hybridized carbons (Fsp3) is 0.278. The molecular weight excluding hydrogens is 409 g/mol. The predicted molar refractivity (Wildman–Crippen MR) is 109 cm³/mol. The molecule has 0 saturated carbocycles. The third-order valence-corrected chi connectivity index (χ3v) is 5.02. The van der Waals surface area contributed by atoms with E-state index in [1.165, 1.54) is 16.2 Å². The first kappa shape index (κ1) is 21.2. The molecule has 0 saturated heterocycles. The van der Waals surface area contributed by atoms with Gasteiger partial charge in [-0.15, -0.1) is 0 Å². The quantitative estimate of drug-likeness (QED) is 0.674. The molecule has 0 unspecified atom stereocenters. The number of amides is 3. The third-order valence-electron chi connectivity index (χ3n) is 3.70. The first-order valence-corrected chi connectivity index (χ1v) is 9.94. The topological polar surface area (TPSA) is 78.5 Å². The minimum absolute atomic E-state index is 0.101. The van der Waals surface area contributed by atoms with Crippen molar-refractivity contribution in [3.05, 3.63) is 50.6 Å². The Morgan fingerprint density at radius 3 is 2.44 bits per heavy atom. The van der Waals surface area contributed by atoms with Crippen LogP contribution in [-0.4, -0.2) is 42.3 Å². The van der Waals surface area contributed by atoms with Gasteiger partial charge in [0.15, 0.2) is 0 Å². The molecule has 0 atom stereocenters. The van der Waals surface area contributed by atoms with Gasteiger partial charge in [0.1, 0.15) is 0 Å². The molecule has 1 aromatic carbocycles. The van der Waals surface area contributed by atoms with Gasteiger partial charge in [0.25, 0.3) is 5.91 Å². The second kappa shape index (κ2) is 10.3. The number of halogens is 2. The number of hydrogen-bond acceptors (Lipinski definition) is 4. The zero-order chi connectivity index (χ0) is 19.8. The number of nitrogens with one attached hydrogen (secondary N) is 2. The van der Waals surface area contributed by atoms with Crippen molar-refractivity contribution < 1.29 is 14.4 Å². The van der Waals surface area contributed by atoms with Gasteiger partial charge < -0.3 is 15.5 Å². The van der Waals surface area contributed by atoms with E-state index in [9.17, 15) is 14.4 Å². The lowest BCUT2D eigenvalue weighted by Gasteiger charge is -2.21. The molecule has 0 aliphatic rings. The van der Waals surface area contributed by atoms with E-state index in [2.05, 4.69) is 10.6 Å². The highest BCUT2D eigenvalue weighted by Crippen LogP contribution is 2.29. The Labute approximate surface area is 171 Å². The molecule has 144 valence electrons. The van der Waals surface area contributed by atoms with Gasteiger partial charge in [-0.3, -0.25) is 14.4 Å². The Bertz CT molecular complexity index is 792. The molecule has 0 spiro atoms. The second-order valence-corrected chi connectivity index (χ2v) is 7.17. The summed E-state index contributed by atoms with van der Waals surface area (Å²) in [4.78, 5) is 37.8. The number of hydrogen-bond donors (Lipinski definition) is 2. The van der Waals surface area contributed by atoms with Crippen molar-refractivity contribution >= 4 is 57.9 Å². The van der Waals surface area contributed by atoms with Crippen molar-refractivity contribution in [2.24, 2.45) is 0 Å². The van der Waals surface area contributed by atoms with Gasteiger partial charge in [-0.2, -0.15) is 11.3 Å². The molecule has 9 heteroatoms. The monoisotopic (exact) mass is 427 g/mol. The van der Waals surface area contributed by atoms with Crippen LogP contribution in [0.3, 0.4) is 0 Å². The molecule has 2 rings (SSSR count). The van der Waals surface area contributed by atoms with E-state index in [1.807, 2.05) is 5.38 Å². The van der Waals surface area contributed by atoms with Crippen LogP contribution in [0.4, 0.5) is 5.69 Å². The Hall–Kier alpha value is -2.09. The average Bonchev–Trinajstić information content (AvgIpc) is 3.17. The van der Waals surface area contributed by atoms with Gasteiger partial charge in [0.05, 0.1) is 22.3 Å². The molecule has 2 aromatic rings. The van der Waals surface area contributed by atoms with Crippen LogP contribution < -0.4 is 10.6 Å². The lowest BCUT2D eigenvalue weighted by molar-refractivity contribution is -0.134. The van der Waals surface area contributed by atoms with Crippen molar-refractivity contribution in [2.75, 3.05) is 25.0 Å². The Morgan fingerprint density at radius 1 is 1.15 bits per heavy atom. The Kier molecular flexibility index (Phi) is 8.09. The summed E-state index contributed by atoms with van der Waals surface area (Å²) < 4.78 is 0. The van der Waals surface area contributed by atoms with E-state index in [1.54, 1.807) is 36.6 Å². The number of anilines is 1. The van der Waals surface area contributed by atoms with Gasteiger partial charge >= 0.3 is 0 Å². The number of nitrogens with zero attached hydrogens (tertiary/aromatic N) is 1. The van der Waals surface area contributed by atoms with Gasteiger partial charge in [-0.05, 0) is 30.5 Å². The molecular formula is C18H19Cl2N3O3S. The molecule has 6 nitrogen and oxygen atoms in total. The summed E-state index contributed by atoms with van der Waals surface area (Å²) in [7, 11) is 0. The molecule has 1 heterocycles. The molecule has 1 aromatic heterocycles. The van der Waals surface area contributed by atoms with Crippen LogP contribution in [0.2, 0.25) is 10.0 Å². The number of likely N-dealkylation sites (N-methyl/N-ethyl adjacent to an activating group) is 1. The van der Waals surface area contributed by atoms with Crippen LogP contribution in [0.5, 0.6) is 0 Å². The normalized spacial score (nSPS) is 10.3. The maximum Gasteiger partial charge on any atom is 0.252 e. The van der Waals surface area contributed by atoms with Crippen LogP contribution in [0.1, 0.15) is 23.7 Å². The lowest BCUT2D eigenvalue weighted by Crippen LogP contribution is -2.39. The first-order valence-electron chi connectivity index (χ1n) is 8.24. The minimum Gasteiger partial charge on any atom is -0.351 e. The summed E-state index contributed by atoms with van der Waals surface area (Å²) >= 11 is 13.5. The van der Waals surface area contributed by atoms with E-state index in [0.29, 0.717) is 27.8 Å². The molecule has 0 aliphatic carbocycles. The van der Waals surface area contributed by atoms with Gasteiger partial charge in [-0.25, -0.2) is 0 Å². The van der Waals surface area contributed by atoms with E-state index >= 15 is 0 Å². The summed E-state index contributed by atoms with van der Waals surface area (Å²) in [5, 5.41) is 9.50. The largest absolute Gasteiger partial charge is 0.351 e. The number of carbonyl (C=O) groups excluding carboxylic acids is 3. The number of rotatable bonds is 8. The average molecular weight is 428 g/mol. The molecule has 2 N–H and O–H groups in total. The van der Waals surface area contributed by atoms with Crippen molar-refractivity contribution in [3.8, 4) is 0 Å². The number of carbonyl (C=O) groups is 3. The fourth-order valence-corrected chi connectivity index (χ4v) is 3.41. The third kappa shape index (κ3) is 6.23. The smallest absolute Gasteiger partial charge is 0.252 e. The molecule has 0 fully saturated rings. The van der Waals surface area contributed by atoms with Crippen LogP contribution in [-0.2, 0) is 9.59 Å². The van der Waals surface area contributed by atoms with Crippen LogP contribution in [0.15, 0.2) is 35.0 Å². The summed E-state index contributed by atoms with van der Waals surface area (Å²) in [6, 6.07) is 6.61. The summed E-state index contributed by atoms with van der Waals surface area (Å²) in [6.07, 6.45) is 0.101. The Balaban J connectivity index is 1.83. The van der Waals surface area contributed by atoms with E-state index in [4.69, 9.17) is 23.2 Å². The van der Waals surface area contributed by atoms with Crippen LogP contribution >= 0.6 is 34.5 Å². The van der Waals surface area contributed by atoms with E-state index < -0.39 is 5.91 Å². The molecule has 0 radical (unpaired) electrons. The van der Waals surface area contributed by atoms with Crippen molar-refractivity contribution in [1.82, 2.24) is 10.2 Å². The lowest BCUT2D eigenvalue weighted by atomic mass is 10.3. The van der Waals surface area contributed by atoms with Crippen LogP contribution in [0.25, 0.3) is 0 Å². The van der Waals surface area contributed by atoms with Crippen LogP contribution in [0, 0.1) is 0 Å². The highest BCUT2D eigenvalue weighted by atomic mass is 35.5. The van der Waals surface area contributed by atoms with Gasteiger partial charge in [-0.1, -0.05) is 29.3 Å². The Morgan fingerprint density at radius 2 is 1.85 bits per heavy atom. The van der Waals surface area contributed by atoms with Crippen molar-refractivity contribution in [3.63, 3.8) is 0 Å². The predicted octanol–water partition coefficient (Wildman–Crippen LogP) is 3.66. The number of thiophene rings is 1. The minimum atomic E-state index is -0.400. The number of benzene rings is 1. The zero-order valence-electron chi connectivity index (χ0n) is 14.6. The molecule has 3 amide bonds. The fourth-order valence-electron chi connectivity index (χ4n) is 2.28. The highest BCUT2D eigenvalue weighted by Gasteiger charge is 2.17. The maximum absolute atomic E-state index is 12.3. The standard InChI is InChI=1S/C18H19Cl2N3O3S/c1-2-23(10-15(24)22-17-13(19)4-3-5-14(17)20)16(25)6-8-21-18(26)12-7-9-27-11-12/h3-5,7,9,11H,2,6,8,10H2,1H3,(H,21,26)(H,22,24). The second-order valence-electron chi connectivity index (χ2n) is 5.57. The molecule has 0 aliphatic heterocycles. The molecule has 27 heavy (non-hydrogen) atoms. The summed E-state index contributed by atoms with van der Waals surface area (Å²) in [5.74, 6) is -0.857. The van der Waals surface area contributed by atoms with Gasteiger partial charge in [0.2, 0.25) is 11.8 Å². The van der Waals surface area contributed by atoms with Crippen molar-refractivity contribution in [2.45, 2.75) is 13.3 Å². The SMILES string of the molecule is CCN(CC(=O)Nc1c(Cl)cccc1Cl)C(=O)CCNC(=O)c1ccsc1. The summed E-state index contributed by atoms with van der Waals surface area (Å²) in [6.45, 7) is 2.20. The summed E-state index contributed by atoms with van der Waals surface area (Å²) in [5.41, 5.74) is 0.883. The van der Waals surface area contributed by atoms with Crippen molar-refractivity contribution in [1.29, 1.82) is 0 Å². The van der Waals surface area contributed by atoms with E-state index in [-0.39, 0.29) is 31.3 Å². The highest BCUT2D eigenvalue weighted by molar-refractivity contribution is 7.08. The molecule has 0 bridgehead atoms. The number of para-hydroxylation sites is 1.